The molecule has 0 spiro atoms. The molecule has 0 bridgehead atoms. The second-order valence-electron chi connectivity index (χ2n) is 8.12. The lowest BCUT2D eigenvalue weighted by molar-refractivity contribution is 0.0532. The highest BCUT2D eigenvalue weighted by Gasteiger charge is 2.35. The Morgan fingerprint density at radius 3 is 2.79 bits per heavy atom. The van der Waals surface area contributed by atoms with Gasteiger partial charge < -0.3 is 15.6 Å². The molecule has 3 aromatic rings. The molecule has 5 nitrogen and oxygen atoms in total. The Bertz CT molecular complexity index is 964. The van der Waals surface area contributed by atoms with Crippen LogP contribution < -0.4 is 5.73 Å². The Hall–Kier alpha value is -2.31. The second-order valence-corrected chi connectivity index (χ2v) is 9.08. The van der Waals surface area contributed by atoms with Gasteiger partial charge in [-0.15, -0.1) is 0 Å². The van der Waals surface area contributed by atoms with E-state index in [9.17, 15) is 4.79 Å². The van der Waals surface area contributed by atoms with Crippen molar-refractivity contribution < 1.29 is 4.79 Å². The van der Waals surface area contributed by atoms with Gasteiger partial charge in [0.05, 0.1) is 11.0 Å². The number of nitrogens with one attached hydrogen (secondary N) is 1. The van der Waals surface area contributed by atoms with Crippen molar-refractivity contribution in [1.29, 1.82) is 0 Å². The third-order valence-electron chi connectivity index (χ3n) is 5.58. The van der Waals surface area contributed by atoms with E-state index >= 15 is 0 Å². The lowest BCUT2D eigenvalue weighted by Crippen LogP contribution is -2.54. The van der Waals surface area contributed by atoms with E-state index in [0.717, 1.165) is 33.7 Å². The summed E-state index contributed by atoms with van der Waals surface area (Å²) in [4.78, 5) is 23.1. The molecule has 1 saturated heterocycles. The summed E-state index contributed by atoms with van der Waals surface area (Å²) in [6.45, 7) is 5.69. The van der Waals surface area contributed by atoms with E-state index in [1.54, 1.807) is 11.8 Å². The normalized spacial score (nSPS) is 19.1. The number of imidazole rings is 1. The first-order valence-electron chi connectivity index (χ1n) is 9.64. The van der Waals surface area contributed by atoms with Crippen molar-refractivity contribution in [3.63, 3.8) is 0 Å². The first kappa shape index (κ1) is 19.0. The summed E-state index contributed by atoms with van der Waals surface area (Å²) in [5.74, 6) is 0.791. The fraction of sp³-hybridized carbons (Fsp3) is 0.364. The molecule has 1 aliphatic heterocycles. The molecule has 0 aliphatic carbocycles. The van der Waals surface area contributed by atoms with Gasteiger partial charge in [-0.05, 0) is 35.6 Å². The van der Waals surface area contributed by atoms with E-state index in [4.69, 9.17) is 5.73 Å². The average Bonchev–Trinajstić information content (AvgIpc) is 3.11. The van der Waals surface area contributed by atoms with Crippen LogP contribution in [0.4, 0.5) is 0 Å². The molecular formula is C22H26N4OS. The lowest BCUT2D eigenvalue weighted by atomic mass is 9.79. The molecule has 0 saturated carbocycles. The van der Waals surface area contributed by atoms with Crippen LogP contribution in [-0.4, -0.2) is 39.9 Å². The number of carbonyl (C=O) groups is 1. The number of benzene rings is 2. The topological polar surface area (TPSA) is 75.0 Å². The van der Waals surface area contributed by atoms with Crippen LogP contribution in [0.2, 0.25) is 0 Å². The number of H-pyrrole nitrogens is 1. The number of para-hydroxylation sites is 2. The summed E-state index contributed by atoms with van der Waals surface area (Å²) in [5, 5.41) is 0.869. The van der Waals surface area contributed by atoms with Crippen LogP contribution in [0.5, 0.6) is 0 Å². The third kappa shape index (κ3) is 3.80. The summed E-state index contributed by atoms with van der Waals surface area (Å²) < 4.78 is 0. The predicted octanol–water partition coefficient (Wildman–Crippen LogP) is 4.05. The van der Waals surface area contributed by atoms with E-state index in [0.29, 0.717) is 18.8 Å². The number of aromatic amines is 1. The van der Waals surface area contributed by atoms with E-state index in [2.05, 4.69) is 23.8 Å². The standard InChI is InChI=1S/C22H26N4OS/c1-22(2)14-26(12-11-19(22)23)20(27)16-8-4-3-7-15(16)13-28-21-24-17-9-5-6-10-18(17)25-21/h3-10,19H,11-14,23H2,1-2H3,(H,24,25). The lowest BCUT2D eigenvalue weighted by Gasteiger charge is -2.42. The van der Waals surface area contributed by atoms with Gasteiger partial charge in [-0.3, -0.25) is 4.79 Å². The predicted molar refractivity (Wildman–Crippen MR) is 114 cm³/mol. The molecule has 1 aromatic heterocycles. The van der Waals surface area contributed by atoms with E-state index in [1.807, 2.05) is 53.4 Å². The van der Waals surface area contributed by atoms with E-state index in [1.165, 1.54) is 0 Å². The minimum Gasteiger partial charge on any atom is -0.338 e. The zero-order valence-electron chi connectivity index (χ0n) is 16.3. The monoisotopic (exact) mass is 394 g/mol. The molecule has 2 aromatic carbocycles. The number of hydrogen-bond acceptors (Lipinski definition) is 4. The molecule has 1 amide bonds. The molecule has 4 rings (SSSR count). The number of fused-ring (bicyclic) bond motifs is 1. The number of likely N-dealkylation sites (tertiary alicyclic amines) is 1. The van der Waals surface area contributed by atoms with Crippen molar-refractivity contribution in [2.45, 2.75) is 37.2 Å². The van der Waals surface area contributed by atoms with Gasteiger partial charge in [0.1, 0.15) is 0 Å². The number of carbonyl (C=O) groups excluding carboxylic acids is 1. The number of aromatic nitrogens is 2. The fourth-order valence-electron chi connectivity index (χ4n) is 3.72. The zero-order valence-corrected chi connectivity index (χ0v) is 17.1. The van der Waals surface area contributed by atoms with Crippen molar-refractivity contribution in [3.8, 4) is 0 Å². The fourth-order valence-corrected chi connectivity index (χ4v) is 4.61. The molecule has 28 heavy (non-hydrogen) atoms. The molecule has 0 radical (unpaired) electrons. The number of piperidine rings is 1. The summed E-state index contributed by atoms with van der Waals surface area (Å²) in [5.41, 5.74) is 9.97. The zero-order chi connectivity index (χ0) is 19.7. The highest BCUT2D eigenvalue weighted by atomic mass is 32.2. The highest BCUT2D eigenvalue weighted by Crippen LogP contribution is 2.30. The molecule has 1 unspecified atom stereocenters. The van der Waals surface area contributed by atoms with Crippen LogP contribution in [0.1, 0.15) is 36.2 Å². The van der Waals surface area contributed by atoms with Gasteiger partial charge >= 0.3 is 0 Å². The summed E-state index contributed by atoms with van der Waals surface area (Å²) >= 11 is 1.62. The largest absolute Gasteiger partial charge is 0.338 e. The van der Waals surface area contributed by atoms with E-state index in [-0.39, 0.29) is 17.4 Å². The van der Waals surface area contributed by atoms with Crippen molar-refractivity contribution in [1.82, 2.24) is 14.9 Å². The van der Waals surface area contributed by atoms with E-state index < -0.39 is 0 Å². The van der Waals surface area contributed by atoms with Gasteiger partial charge in [0.15, 0.2) is 5.16 Å². The summed E-state index contributed by atoms with van der Waals surface area (Å²) in [6.07, 6.45) is 0.842. The minimum absolute atomic E-state index is 0.0636. The first-order valence-corrected chi connectivity index (χ1v) is 10.6. The van der Waals surface area contributed by atoms with Crippen LogP contribution in [0, 0.1) is 5.41 Å². The van der Waals surface area contributed by atoms with Crippen molar-refractivity contribution >= 4 is 28.7 Å². The number of nitrogens with two attached hydrogens (primary N) is 1. The Balaban J connectivity index is 1.51. The number of thioether (sulfide) groups is 1. The Morgan fingerprint density at radius 2 is 2.00 bits per heavy atom. The highest BCUT2D eigenvalue weighted by molar-refractivity contribution is 7.98. The van der Waals surface area contributed by atoms with Gasteiger partial charge in [0.25, 0.3) is 5.91 Å². The average molecular weight is 395 g/mol. The molecule has 146 valence electrons. The first-order chi connectivity index (χ1) is 13.4. The van der Waals surface area contributed by atoms with Crippen LogP contribution in [0.15, 0.2) is 53.7 Å². The van der Waals surface area contributed by atoms with Crippen LogP contribution in [-0.2, 0) is 5.75 Å². The second kappa shape index (κ2) is 7.60. The smallest absolute Gasteiger partial charge is 0.254 e. The van der Waals surface area contributed by atoms with Gasteiger partial charge in [0, 0.05) is 30.4 Å². The number of rotatable bonds is 4. The molecule has 2 heterocycles. The molecular weight excluding hydrogens is 368 g/mol. The quantitative estimate of drug-likeness (QED) is 0.655. The van der Waals surface area contributed by atoms with Gasteiger partial charge in [-0.25, -0.2) is 4.98 Å². The summed E-state index contributed by atoms with van der Waals surface area (Å²) in [7, 11) is 0. The van der Waals surface area contributed by atoms with Crippen molar-refractivity contribution in [2.24, 2.45) is 11.1 Å². The number of amides is 1. The van der Waals surface area contributed by atoms with Crippen LogP contribution >= 0.6 is 11.8 Å². The van der Waals surface area contributed by atoms with Gasteiger partial charge in [-0.2, -0.15) is 0 Å². The molecule has 1 fully saturated rings. The number of hydrogen-bond donors (Lipinski definition) is 2. The summed E-state index contributed by atoms with van der Waals surface area (Å²) in [6, 6.07) is 16.0. The molecule has 1 aliphatic rings. The maximum Gasteiger partial charge on any atom is 0.254 e. The Labute approximate surface area is 169 Å². The van der Waals surface area contributed by atoms with Crippen LogP contribution in [0.3, 0.4) is 0 Å². The van der Waals surface area contributed by atoms with Gasteiger partial charge in [-0.1, -0.05) is 55.9 Å². The third-order valence-corrected chi connectivity index (χ3v) is 6.50. The number of nitrogens with zero attached hydrogens (tertiary/aromatic N) is 2. The van der Waals surface area contributed by atoms with Crippen LogP contribution in [0.25, 0.3) is 11.0 Å². The molecule has 1 atom stereocenters. The maximum atomic E-state index is 13.2. The van der Waals surface area contributed by atoms with Gasteiger partial charge in [0.2, 0.25) is 0 Å². The minimum atomic E-state index is -0.0636. The molecule has 3 N–H and O–H groups in total. The van der Waals surface area contributed by atoms with Crippen molar-refractivity contribution in [3.05, 3.63) is 59.7 Å². The Kier molecular flexibility index (Phi) is 5.17. The SMILES string of the molecule is CC1(C)CN(C(=O)c2ccccc2CSc2nc3ccccc3[nH]2)CCC1N. The maximum absolute atomic E-state index is 13.2. The molecule has 6 heteroatoms. The Morgan fingerprint density at radius 1 is 1.25 bits per heavy atom. The van der Waals surface area contributed by atoms with Crippen molar-refractivity contribution in [2.75, 3.05) is 13.1 Å².